The van der Waals surface area contributed by atoms with E-state index < -0.39 is 17.9 Å². The third-order valence-corrected chi connectivity index (χ3v) is 7.29. The lowest BCUT2D eigenvalue weighted by atomic mass is 10.2. The van der Waals surface area contributed by atoms with Crippen LogP contribution >= 0.6 is 39.1 Å². The van der Waals surface area contributed by atoms with Crippen molar-refractivity contribution in [2.75, 3.05) is 13.6 Å². The fraction of sp³-hybridized carbons (Fsp3) is 0.222. The first-order valence-electron chi connectivity index (χ1n) is 11.5. The molecule has 0 radical (unpaired) electrons. The molecule has 0 spiro atoms. The van der Waals surface area contributed by atoms with Crippen molar-refractivity contribution >= 4 is 56.9 Å². The number of nitrogens with one attached hydrogen (secondary N) is 1. The summed E-state index contributed by atoms with van der Waals surface area (Å²) in [6.45, 7) is 1.03. The molecular weight excluding hydrogens is 581 g/mol. The molecule has 1 aliphatic heterocycles. The number of carbonyl (C=O) groups is 3. The molecule has 0 bridgehead atoms. The normalized spacial score (nSPS) is 15.0. The minimum atomic E-state index is -0.805. The number of hydrogen-bond acceptors (Lipinski definition) is 4. The van der Waals surface area contributed by atoms with E-state index in [1.807, 2.05) is 30.3 Å². The lowest BCUT2D eigenvalue weighted by Crippen LogP contribution is -2.48. The predicted molar refractivity (Wildman–Crippen MR) is 146 cm³/mol. The Morgan fingerprint density at radius 1 is 1.08 bits per heavy atom. The van der Waals surface area contributed by atoms with Gasteiger partial charge in [0.2, 0.25) is 5.91 Å². The maximum Gasteiger partial charge on any atom is 0.312 e. The number of nitrogens with zero attached hydrogens (tertiary/aromatic N) is 2. The van der Waals surface area contributed by atoms with Gasteiger partial charge in [0.05, 0.1) is 10.0 Å². The second-order valence-electron chi connectivity index (χ2n) is 8.58. The SMILES string of the molecule is CN(C(=O)C(=O)NCc1ccc(Br)cc1Oc1ccc(Cl)c(Cl)c1)C1CCN(Cc2ccccc2)C1=O. The van der Waals surface area contributed by atoms with Crippen LogP contribution < -0.4 is 10.1 Å². The molecule has 0 saturated carbocycles. The third-order valence-electron chi connectivity index (χ3n) is 6.06. The van der Waals surface area contributed by atoms with E-state index in [1.165, 1.54) is 11.9 Å². The van der Waals surface area contributed by atoms with Crippen molar-refractivity contribution in [2.24, 2.45) is 0 Å². The van der Waals surface area contributed by atoms with Crippen LogP contribution in [-0.2, 0) is 27.5 Å². The monoisotopic (exact) mass is 603 g/mol. The zero-order valence-corrected chi connectivity index (χ0v) is 23.0. The molecule has 0 aromatic heterocycles. The van der Waals surface area contributed by atoms with Gasteiger partial charge in [-0.1, -0.05) is 75.5 Å². The molecule has 1 fully saturated rings. The van der Waals surface area contributed by atoms with Gasteiger partial charge >= 0.3 is 11.8 Å². The van der Waals surface area contributed by atoms with Crippen molar-refractivity contribution in [3.63, 3.8) is 0 Å². The van der Waals surface area contributed by atoms with Gasteiger partial charge in [-0.05, 0) is 36.2 Å². The number of hydrogen-bond donors (Lipinski definition) is 1. The Labute approximate surface area is 233 Å². The predicted octanol–water partition coefficient (Wildman–Crippen LogP) is 5.42. The van der Waals surface area contributed by atoms with Gasteiger partial charge in [-0.15, -0.1) is 0 Å². The van der Waals surface area contributed by atoms with E-state index in [0.29, 0.717) is 46.6 Å². The summed E-state index contributed by atoms with van der Waals surface area (Å²) in [6, 6.07) is 19.2. The van der Waals surface area contributed by atoms with Crippen LogP contribution in [0.25, 0.3) is 0 Å². The smallest absolute Gasteiger partial charge is 0.312 e. The van der Waals surface area contributed by atoms with Crippen LogP contribution in [0.2, 0.25) is 10.0 Å². The summed E-state index contributed by atoms with van der Waals surface area (Å²) in [5.74, 6) is -0.811. The summed E-state index contributed by atoms with van der Waals surface area (Å²) in [7, 11) is 1.48. The summed E-state index contributed by atoms with van der Waals surface area (Å²) < 4.78 is 6.72. The fourth-order valence-electron chi connectivity index (χ4n) is 4.03. The maximum atomic E-state index is 12.9. The number of likely N-dealkylation sites (tertiary alicyclic amines) is 1. The Balaban J connectivity index is 1.37. The number of amides is 3. The van der Waals surface area contributed by atoms with Gasteiger partial charge in [0.15, 0.2) is 0 Å². The summed E-state index contributed by atoms with van der Waals surface area (Å²) in [4.78, 5) is 41.4. The number of benzene rings is 3. The van der Waals surface area contributed by atoms with Crippen molar-refractivity contribution in [3.8, 4) is 11.5 Å². The van der Waals surface area contributed by atoms with Gasteiger partial charge in [-0.2, -0.15) is 0 Å². The van der Waals surface area contributed by atoms with E-state index in [0.717, 1.165) is 10.0 Å². The number of likely N-dealkylation sites (N-methyl/N-ethyl adjacent to an activating group) is 1. The summed E-state index contributed by atoms with van der Waals surface area (Å²) in [5, 5.41) is 3.39. The third kappa shape index (κ3) is 6.63. The topological polar surface area (TPSA) is 79.0 Å². The van der Waals surface area contributed by atoms with Crippen LogP contribution in [-0.4, -0.2) is 47.2 Å². The lowest BCUT2D eigenvalue weighted by Gasteiger charge is -2.23. The molecule has 1 unspecified atom stereocenters. The molecule has 7 nitrogen and oxygen atoms in total. The Hall–Kier alpha value is -3.07. The average molecular weight is 605 g/mol. The highest BCUT2D eigenvalue weighted by Gasteiger charge is 2.38. The van der Waals surface area contributed by atoms with Crippen LogP contribution in [0.15, 0.2) is 71.2 Å². The molecule has 192 valence electrons. The maximum absolute atomic E-state index is 12.9. The van der Waals surface area contributed by atoms with Crippen molar-refractivity contribution in [2.45, 2.75) is 25.6 Å². The van der Waals surface area contributed by atoms with Crippen LogP contribution in [0.1, 0.15) is 17.5 Å². The largest absolute Gasteiger partial charge is 0.457 e. The van der Waals surface area contributed by atoms with E-state index in [-0.39, 0.29) is 12.5 Å². The van der Waals surface area contributed by atoms with Crippen molar-refractivity contribution in [1.82, 2.24) is 15.1 Å². The highest BCUT2D eigenvalue weighted by molar-refractivity contribution is 9.10. The summed E-state index contributed by atoms with van der Waals surface area (Å²) in [6.07, 6.45) is 0.468. The molecule has 37 heavy (non-hydrogen) atoms. The molecule has 1 atom stereocenters. The van der Waals surface area contributed by atoms with E-state index in [2.05, 4.69) is 21.2 Å². The lowest BCUT2D eigenvalue weighted by molar-refractivity contribution is -0.149. The minimum absolute atomic E-state index is 0.0428. The van der Waals surface area contributed by atoms with Gasteiger partial charge < -0.3 is 19.9 Å². The molecular formula is C27H24BrCl2N3O4. The van der Waals surface area contributed by atoms with E-state index in [9.17, 15) is 14.4 Å². The number of ether oxygens (including phenoxy) is 1. The highest BCUT2D eigenvalue weighted by atomic mass is 79.9. The van der Waals surface area contributed by atoms with Crippen LogP contribution in [0.4, 0.5) is 0 Å². The molecule has 10 heteroatoms. The summed E-state index contributed by atoms with van der Waals surface area (Å²) in [5.41, 5.74) is 1.65. The molecule has 3 aromatic carbocycles. The summed E-state index contributed by atoms with van der Waals surface area (Å²) >= 11 is 15.5. The van der Waals surface area contributed by atoms with Crippen LogP contribution in [0.3, 0.4) is 0 Å². The van der Waals surface area contributed by atoms with E-state index in [4.69, 9.17) is 27.9 Å². The number of carbonyl (C=O) groups excluding carboxylic acids is 3. The number of halogens is 3. The minimum Gasteiger partial charge on any atom is -0.457 e. The Kier molecular flexibility index (Phi) is 8.74. The quantitative estimate of drug-likeness (QED) is 0.365. The molecule has 0 aliphatic carbocycles. The second-order valence-corrected chi connectivity index (χ2v) is 10.3. The molecule has 1 N–H and O–H groups in total. The first kappa shape index (κ1) is 27.0. The second kappa shape index (κ2) is 12.0. The van der Waals surface area contributed by atoms with E-state index in [1.54, 1.807) is 41.3 Å². The van der Waals surface area contributed by atoms with Crippen LogP contribution in [0.5, 0.6) is 11.5 Å². The van der Waals surface area contributed by atoms with Gasteiger partial charge in [0, 0.05) is 42.8 Å². The molecule has 1 aliphatic rings. The van der Waals surface area contributed by atoms with Crippen molar-refractivity contribution < 1.29 is 19.1 Å². The standard InChI is InChI=1S/C27H24BrCl2N3O4/c1-32(23-11-12-33(26(23)35)16-17-5-3-2-4-6-17)27(36)25(34)31-15-18-7-8-19(28)13-24(18)37-20-9-10-21(29)22(30)14-20/h2-10,13-14,23H,11-12,15-16H2,1H3,(H,31,34). The first-order chi connectivity index (χ1) is 17.7. The van der Waals surface area contributed by atoms with Gasteiger partial charge in [0.25, 0.3) is 0 Å². The van der Waals surface area contributed by atoms with Crippen molar-refractivity contribution in [3.05, 3.63) is 92.4 Å². The zero-order chi connectivity index (χ0) is 26.5. The molecule has 4 rings (SSSR count). The first-order valence-corrected chi connectivity index (χ1v) is 13.1. The average Bonchev–Trinajstić information content (AvgIpc) is 3.25. The fourth-order valence-corrected chi connectivity index (χ4v) is 4.66. The van der Waals surface area contributed by atoms with Crippen molar-refractivity contribution in [1.29, 1.82) is 0 Å². The van der Waals surface area contributed by atoms with Gasteiger partial charge in [-0.25, -0.2) is 0 Å². The highest BCUT2D eigenvalue weighted by Crippen LogP contribution is 2.32. The Morgan fingerprint density at radius 2 is 1.84 bits per heavy atom. The van der Waals surface area contributed by atoms with E-state index >= 15 is 0 Å². The van der Waals surface area contributed by atoms with Crippen LogP contribution in [0, 0.1) is 0 Å². The Bertz CT molecular complexity index is 1320. The molecule has 3 aromatic rings. The van der Waals surface area contributed by atoms with Gasteiger partial charge in [0.1, 0.15) is 17.5 Å². The molecule has 1 heterocycles. The van der Waals surface area contributed by atoms with Gasteiger partial charge in [-0.3, -0.25) is 14.4 Å². The zero-order valence-electron chi connectivity index (χ0n) is 19.9. The Morgan fingerprint density at radius 3 is 2.57 bits per heavy atom. The molecule has 1 saturated heterocycles. The molecule has 3 amide bonds. The number of rotatable bonds is 7.